The van der Waals surface area contributed by atoms with E-state index >= 15 is 0 Å². The second-order valence-corrected chi connectivity index (χ2v) is 10.1. The molecular weight excluding hydrogens is 519 g/mol. The quantitative estimate of drug-likeness (QED) is 0.252. The van der Waals surface area contributed by atoms with Crippen molar-refractivity contribution in [2.75, 3.05) is 11.9 Å². The van der Waals surface area contributed by atoms with Crippen LogP contribution in [-0.4, -0.2) is 23.3 Å². The number of nitrogens with zero attached hydrogens (tertiary/aromatic N) is 1. The molecule has 38 heavy (non-hydrogen) atoms. The second kappa shape index (κ2) is 10.0. The molecular formula is C31H22Cl2N2O3. The van der Waals surface area contributed by atoms with Crippen LogP contribution in [0.1, 0.15) is 32.0 Å². The van der Waals surface area contributed by atoms with E-state index in [1.165, 1.54) is 6.07 Å². The van der Waals surface area contributed by atoms with E-state index in [2.05, 4.69) is 5.32 Å². The Labute approximate surface area is 229 Å². The average Bonchev–Trinajstić information content (AvgIpc) is 3.36. The fourth-order valence-electron chi connectivity index (χ4n) is 4.78. The Kier molecular flexibility index (Phi) is 6.40. The smallest absolute Gasteiger partial charge is 0.257 e. The minimum absolute atomic E-state index is 0.00900. The van der Waals surface area contributed by atoms with Crippen LogP contribution in [0.3, 0.4) is 0 Å². The van der Waals surface area contributed by atoms with Crippen molar-refractivity contribution < 1.29 is 14.0 Å². The molecule has 5 nitrogen and oxygen atoms in total. The number of hydrogen-bond acceptors (Lipinski definition) is 3. The van der Waals surface area contributed by atoms with Crippen LogP contribution in [0.4, 0.5) is 5.69 Å². The van der Waals surface area contributed by atoms with Gasteiger partial charge in [-0.15, -0.1) is 0 Å². The number of benzene rings is 4. The monoisotopic (exact) mass is 540 g/mol. The van der Waals surface area contributed by atoms with Gasteiger partial charge in [0.2, 0.25) is 0 Å². The van der Waals surface area contributed by atoms with Gasteiger partial charge < -0.3 is 14.6 Å². The normalized spacial score (nSPS) is 12.8. The fourth-order valence-corrected chi connectivity index (χ4v) is 5.27. The number of anilines is 1. The number of amides is 2. The summed E-state index contributed by atoms with van der Waals surface area (Å²) in [5.41, 5.74) is 3.45. The summed E-state index contributed by atoms with van der Waals surface area (Å²) in [4.78, 5) is 27.9. The Hall–Kier alpha value is -4.06. The minimum atomic E-state index is -0.328. The Morgan fingerprint density at radius 2 is 1.68 bits per heavy atom. The van der Waals surface area contributed by atoms with Crippen LogP contribution in [0.2, 0.25) is 10.0 Å². The van der Waals surface area contributed by atoms with Crippen LogP contribution in [0.15, 0.2) is 95.4 Å². The predicted octanol–water partition coefficient (Wildman–Crippen LogP) is 7.86. The summed E-state index contributed by atoms with van der Waals surface area (Å²) >= 11 is 12.1. The molecule has 7 heteroatoms. The lowest BCUT2D eigenvalue weighted by molar-refractivity contribution is 0.0730. The maximum absolute atomic E-state index is 13.3. The lowest BCUT2D eigenvalue weighted by atomic mass is 10.0. The second-order valence-electron chi connectivity index (χ2n) is 9.26. The molecule has 0 saturated carbocycles. The molecule has 0 spiro atoms. The first-order chi connectivity index (χ1) is 18.4. The van der Waals surface area contributed by atoms with Crippen LogP contribution in [0.25, 0.3) is 22.1 Å². The van der Waals surface area contributed by atoms with Gasteiger partial charge in [0.25, 0.3) is 11.8 Å². The molecule has 0 unspecified atom stereocenters. The molecule has 2 amide bonds. The molecule has 6 rings (SSSR count). The number of carbonyl (C=O) groups excluding carboxylic acids is 2. The molecule has 0 saturated heterocycles. The first-order valence-electron chi connectivity index (χ1n) is 12.2. The van der Waals surface area contributed by atoms with Crippen LogP contribution < -0.4 is 5.32 Å². The molecule has 188 valence electrons. The molecule has 0 aliphatic carbocycles. The highest BCUT2D eigenvalue weighted by Crippen LogP contribution is 2.32. The summed E-state index contributed by atoms with van der Waals surface area (Å²) in [6.07, 6.45) is 0.639. The van der Waals surface area contributed by atoms with Crippen molar-refractivity contribution >= 4 is 51.5 Å². The van der Waals surface area contributed by atoms with Crippen molar-refractivity contribution in [2.45, 2.75) is 13.0 Å². The van der Waals surface area contributed by atoms with Gasteiger partial charge in [-0.1, -0.05) is 65.7 Å². The molecule has 5 aromatic rings. The van der Waals surface area contributed by atoms with E-state index in [4.69, 9.17) is 27.6 Å². The molecule has 0 bridgehead atoms. The zero-order valence-electron chi connectivity index (χ0n) is 20.2. The maximum Gasteiger partial charge on any atom is 0.257 e. The van der Waals surface area contributed by atoms with Gasteiger partial charge in [-0.3, -0.25) is 9.59 Å². The summed E-state index contributed by atoms with van der Waals surface area (Å²) < 4.78 is 6.17. The molecule has 0 fully saturated rings. The van der Waals surface area contributed by atoms with Crippen molar-refractivity contribution in [1.82, 2.24) is 4.90 Å². The molecule has 1 N–H and O–H groups in total. The number of nitrogens with one attached hydrogen (secondary N) is 1. The van der Waals surface area contributed by atoms with Crippen molar-refractivity contribution in [3.8, 4) is 11.3 Å². The van der Waals surface area contributed by atoms with E-state index in [1.54, 1.807) is 18.2 Å². The predicted molar refractivity (Wildman–Crippen MR) is 151 cm³/mol. The van der Waals surface area contributed by atoms with E-state index in [0.717, 1.165) is 27.7 Å². The van der Waals surface area contributed by atoms with Crippen LogP contribution in [0, 0.1) is 0 Å². The van der Waals surface area contributed by atoms with Gasteiger partial charge >= 0.3 is 0 Å². The highest BCUT2D eigenvalue weighted by molar-refractivity contribution is 6.37. The number of hydrogen-bond donors (Lipinski definition) is 1. The zero-order valence-corrected chi connectivity index (χ0v) is 21.7. The summed E-state index contributed by atoms with van der Waals surface area (Å²) in [7, 11) is 0. The highest BCUT2D eigenvalue weighted by Gasteiger charge is 2.25. The lowest BCUT2D eigenvalue weighted by Crippen LogP contribution is -2.35. The van der Waals surface area contributed by atoms with Gasteiger partial charge in [0, 0.05) is 46.9 Å². The van der Waals surface area contributed by atoms with Gasteiger partial charge in [0.05, 0.1) is 10.6 Å². The largest absolute Gasteiger partial charge is 0.461 e. The lowest BCUT2D eigenvalue weighted by Gasteiger charge is -2.26. The SMILES string of the molecule is O=C(Nc1cccc(-c2cc3c(o2)CCN(C(=O)c2ccc4ccccc4c2)C3)c1)c1ccc(Cl)cc1Cl. The molecule has 2 heterocycles. The van der Waals surface area contributed by atoms with Gasteiger partial charge in [-0.05, 0) is 59.3 Å². The third-order valence-corrected chi connectivity index (χ3v) is 7.28. The Bertz CT molecular complexity index is 1710. The maximum atomic E-state index is 13.3. The number of halogens is 2. The van der Waals surface area contributed by atoms with Crippen LogP contribution in [0.5, 0.6) is 0 Å². The highest BCUT2D eigenvalue weighted by atomic mass is 35.5. The minimum Gasteiger partial charge on any atom is -0.461 e. The Morgan fingerprint density at radius 1 is 0.842 bits per heavy atom. The number of rotatable bonds is 4. The van der Waals surface area contributed by atoms with E-state index < -0.39 is 0 Å². The topological polar surface area (TPSA) is 62.6 Å². The van der Waals surface area contributed by atoms with E-state index in [-0.39, 0.29) is 16.8 Å². The fraction of sp³-hybridized carbons (Fsp3) is 0.0968. The van der Waals surface area contributed by atoms with E-state index in [1.807, 2.05) is 71.6 Å². The molecule has 0 radical (unpaired) electrons. The molecule has 0 atom stereocenters. The first kappa shape index (κ1) is 24.3. The van der Waals surface area contributed by atoms with E-state index in [9.17, 15) is 9.59 Å². The number of furan rings is 1. The van der Waals surface area contributed by atoms with Gasteiger partial charge in [-0.2, -0.15) is 0 Å². The average molecular weight is 541 g/mol. The summed E-state index contributed by atoms with van der Waals surface area (Å²) in [5, 5.41) is 5.79. The third-order valence-electron chi connectivity index (χ3n) is 6.73. The van der Waals surface area contributed by atoms with Gasteiger partial charge in [0.15, 0.2) is 0 Å². The summed E-state index contributed by atoms with van der Waals surface area (Å²) in [5.74, 6) is 1.25. The molecule has 1 aliphatic heterocycles. The molecule has 1 aliphatic rings. The number of carbonyl (C=O) groups is 2. The zero-order chi connectivity index (χ0) is 26.2. The molecule has 1 aromatic heterocycles. The standard InChI is InChI=1S/C31H22Cl2N2O3/c32-24-10-11-26(27(33)17-24)30(36)34-25-7-3-6-21(15-25)29-16-23-18-35(13-12-28(23)38-29)31(37)22-9-8-19-4-1-2-5-20(19)14-22/h1-11,14-17H,12-13,18H2,(H,34,36). The Morgan fingerprint density at radius 3 is 2.53 bits per heavy atom. The first-order valence-corrected chi connectivity index (χ1v) is 13.0. The van der Waals surface area contributed by atoms with Crippen LogP contribution >= 0.6 is 23.2 Å². The molecule has 4 aromatic carbocycles. The van der Waals surface area contributed by atoms with Crippen molar-refractivity contribution in [3.05, 3.63) is 123 Å². The van der Waals surface area contributed by atoms with E-state index in [0.29, 0.717) is 47.1 Å². The third kappa shape index (κ3) is 4.78. The summed E-state index contributed by atoms with van der Waals surface area (Å²) in [6.45, 7) is 1.07. The van der Waals surface area contributed by atoms with Gasteiger partial charge in [0.1, 0.15) is 11.5 Å². The van der Waals surface area contributed by atoms with Crippen molar-refractivity contribution in [1.29, 1.82) is 0 Å². The van der Waals surface area contributed by atoms with Crippen LogP contribution in [-0.2, 0) is 13.0 Å². The number of fused-ring (bicyclic) bond motifs is 2. The van der Waals surface area contributed by atoms with Crippen molar-refractivity contribution in [3.63, 3.8) is 0 Å². The van der Waals surface area contributed by atoms with Crippen molar-refractivity contribution in [2.24, 2.45) is 0 Å². The summed E-state index contributed by atoms with van der Waals surface area (Å²) in [6, 6.07) is 28.0. The van der Waals surface area contributed by atoms with Gasteiger partial charge in [-0.25, -0.2) is 0 Å². The Balaban J connectivity index is 1.19.